The molecule has 1 saturated heterocycles. The number of carbonyl (C=O) groups is 3. The van der Waals surface area contributed by atoms with Gasteiger partial charge in [0.15, 0.2) is 16.6 Å². The molecule has 1 aliphatic rings. The quantitative estimate of drug-likeness (QED) is 0.368. The average Bonchev–Trinajstić information content (AvgIpc) is 3.38. The highest BCUT2D eigenvalue weighted by Gasteiger charge is 2.35. The monoisotopic (exact) mass is 620 g/mol. The number of nitrogens with one attached hydrogen (secondary N) is 2. The minimum Gasteiger partial charge on any atom is -0.451 e. The second kappa shape index (κ2) is 13.1. The maximum absolute atomic E-state index is 13.3. The summed E-state index contributed by atoms with van der Waals surface area (Å²) in [5.41, 5.74) is -0.747. The van der Waals surface area contributed by atoms with Crippen LogP contribution in [0.3, 0.4) is 0 Å². The molecule has 0 radical (unpaired) electrons. The van der Waals surface area contributed by atoms with E-state index in [1.165, 1.54) is 42.6 Å². The molecular weight excluding hydrogens is 589 g/mol. The Bertz CT molecular complexity index is 1570. The number of carbonyl (C=O) groups excluding carboxylic acids is 3. The number of ketones is 1. The smallest absolute Gasteiger partial charge is 0.416 e. The number of halogens is 3. The lowest BCUT2D eigenvalue weighted by Crippen LogP contribution is -2.52. The number of rotatable bonds is 9. The van der Waals surface area contributed by atoms with E-state index in [1.54, 1.807) is 6.07 Å². The highest BCUT2D eigenvalue weighted by atomic mass is 32.2. The molecule has 2 atom stereocenters. The molecule has 43 heavy (non-hydrogen) atoms. The van der Waals surface area contributed by atoms with Gasteiger partial charge in [-0.15, -0.1) is 0 Å². The van der Waals surface area contributed by atoms with Crippen LogP contribution in [-0.4, -0.2) is 60.5 Å². The van der Waals surface area contributed by atoms with Crippen LogP contribution in [0.25, 0.3) is 11.3 Å². The highest BCUT2D eigenvalue weighted by Crippen LogP contribution is 2.32. The second-order valence-corrected chi connectivity index (χ2v) is 12.5. The molecule has 3 heterocycles. The fourth-order valence-electron chi connectivity index (χ4n) is 4.65. The molecule has 0 saturated carbocycles. The van der Waals surface area contributed by atoms with Gasteiger partial charge in [0.05, 0.1) is 18.2 Å². The molecule has 1 fully saturated rings. The van der Waals surface area contributed by atoms with Gasteiger partial charge in [0.25, 0.3) is 15.9 Å². The molecule has 0 aliphatic carbocycles. The van der Waals surface area contributed by atoms with Crippen LogP contribution in [0.2, 0.25) is 0 Å². The molecule has 0 spiro atoms. The van der Waals surface area contributed by atoms with Gasteiger partial charge in [-0.25, -0.2) is 13.4 Å². The van der Waals surface area contributed by atoms with Crippen LogP contribution in [0.4, 0.5) is 13.2 Å². The number of hydrogen-bond acceptors (Lipinski definition) is 7. The van der Waals surface area contributed by atoms with Crippen LogP contribution in [0.5, 0.6) is 0 Å². The third kappa shape index (κ3) is 7.87. The molecule has 14 heteroatoms. The van der Waals surface area contributed by atoms with Gasteiger partial charge in [-0.3, -0.25) is 14.4 Å². The predicted octanol–water partition coefficient (Wildman–Crippen LogP) is 4.04. The number of hydrogen-bond donors (Lipinski definition) is 2. The maximum Gasteiger partial charge on any atom is 0.416 e. The first kappa shape index (κ1) is 31.9. The predicted molar refractivity (Wildman–Crippen MR) is 149 cm³/mol. The van der Waals surface area contributed by atoms with E-state index in [4.69, 9.17) is 4.42 Å². The molecule has 1 aromatic carbocycles. The van der Waals surface area contributed by atoms with Gasteiger partial charge in [-0.2, -0.15) is 17.5 Å². The van der Waals surface area contributed by atoms with E-state index >= 15 is 0 Å². The number of furan rings is 1. The van der Waals surface area contributed by atoms with E-state index in [-0.39, 0.29) is 47.4 Å². The van der Waals surface area contributed by atoms with Crippen LogP contribution in [-0.2, 0) is 25.8 Å². The summed E-state index contributed by atoms with van der Waals surface area (Å²) >= 11 is 0. The lowest BCUT2D eigenvalue weighted by molar-refractivity contribution is -0.137. The number of amides is 2. The van der Waals surface area contributed by atoms with Crippen LogP contribution >= 0.6 is 0 Å². The summed E-state index contributed by atoms with van der Waals surface area (Å²) in [5.74, 6) is -2.12. The molecule has 0 bridgehead atoms. The van der Waals surface area contributed by atoms with E-state index in [0.717, 1.165) is 16.4 Å². The zero-order valence-corrected chi connectivity index (χ0v) is 24.2. The Morgan fingerprint density at radius 2 is 1.88 bits per heavy atom. The van der Waals surface area contributed by atoms with E-state index in [0.29, 0.717) is 6.42 Å². The van der Waals surface area contributed by atoms with Gasteiger partial charge < -0.3 is 15.1 Å². The Morgan fingerprint density at radius 1 is 1.12 bits per heavy atom. The van der Waals surface area contributed by atoms with Gasteiger partial charge in [-0.05, 0) is 61.6 Å². The summed E-state index contributed by atoms with van der Waals surface area (Å²) in [4.78, 5) is 43.2. The van der Waals surface area contributed by atoms with E-state index < -0.39 is 58.0 Å². The first-order valence-electron chi connectivity index (χ1n) is 13.6. The van der Waals surface area contributed by atoms with Crippen molar-refractivity contribution in [2.75, 3.05) is 13.1 Å². The number of alkyl halides is 3. The summed E-state index contributed by atoms with van der Waals surface area (Å²) in [6, 6.07) is 9.52. The summed E-state index contributed by atoms with van der Waals surface area (Å²) in [6.45, 7) is 3.29. The average molecular weight is 621 g/mol. The van der Waals surface area contributed by atoms with Gasteiger partial charge in [0, 0.05) is 18.3 Å². The van der Waals surface area contributed by atoms with E-state index in [1.807, 2.05) is 13.8 Å². The first-order chi connectivity index (χ1) is 20.3. The molecule has 2 aromatic heterocycles. The zero-order chi connectivity index (χ0) is 31.4. The van der Waals surface area contributed by atoms with Gasteiger partial charge in [-0.1, -0.05) is 32.0 Å². The number of pyridine rings is 1. The number of nitrogens with zero attached hydrogens (tertiary/aromatic N) is 2. The van der Waals surface area contributed by atoms with Gasteiger partial charge >= 0.3 is 6.18 Å². The van der Waals surface area contributed by atoms with Gasteiger partial charge in [0.2, 0.25) is 5.91 Å². The molecule has 10 nitrogen and oxygen atoms in total. The maximum atomic E-state index is 13.3. The Labute approximate surface area is 246 Å². The van der Waals surface area contributed by atoms with Crippen LogP contribution < -0.4 is 10.6 Å². The number of aromatic nitrogens is 1. The van der Waals surface area contributed by atoms with E-state index in [9.17, 15) is 36.0 Å². The van der Waals surface area contributed by atoms with Crippen molar-refractivity contribution in [3.8, 4) is 11.3 Å². The van der Waals surface area contributed by atoms with Crippen molar-refractivity contribution in [3.63, 3.8) is 0 Å². The Balaban J connectivity index is 1.43. The van der Waals surface area contributed by atoms with Crippen LogP contribution in [0, 0.1) is 5.92 Å². The summed E-state index contributed by atoms with van der Waals surface area (Å²) in [7, 11) is -4.01. The van der Waals surface area contributed by atoms with Crippen molar-refractivity contribution in [2.45, 2.75) is 56.4 Å². The zero-order valence-electron chi connectivity index (χ0n) is 23.4. The lowest BCUT2D eigenvalue weighted by Gasteiger charge is -2.23. The normalized spacial score (nSPS) is 17.3. The number of benzene rings is 1. The number of sulfonamides is 1. The van der Waals surface area contributed by atoms with Crippen molar-refractivity contribution in [1.82, 2.24) is 19.9 Å². The highest BCUT2D eigenvalue weighted by molar-refractivity contribution is 7.89. The Kier molecular flexibility index (Phi) is 9.70. The Morgan fingerprint density at radius 3 is 2.56 bits per heavy atom. The Hall–Kier alpha value is -4.04. The summed E-state index contributed by atoms with van der Waals surface area (Å²) in [5, 5.41) is 5.06. The molecule has 2 N–H and O–H groups in total. The van der Waals surface area contributed by atoms with Crippen molar-refractivity contribution in [2.24, 2.45) is 5.92 Å². The van der Waals surface area contributed by atoms with E-state index in [2.05, 4.69) is 15.6 Å². The minimum absolute atomic E-state index is 0.0374. The topological polar surface area (TPSA) is 139 Å². The van der Waals surface area contributed by atoms with Gasteiger partial charge in [0.1, 0.15) is 11.8 Å². The molecule has 230 valence electrons. The van der Waals surface area contributed by atoms with Crippen molar-refractivity contribution in [1.29, 1.82) is 0 Å². The number of Topliss-reactive ketones (excluding diaryl/α,β-unsaturated/α-hetero) is 1. The largest absolute Gasteiger partial charge is 0.451 e. The fraction of sp³-hybridized carbons (Fsp3) is 0.379. The summed E-state index contributed by atoms with van der Waals surface area (Å²) < 4.78 is 71.8. The molecule has 4 rings (SSSR count). The third-order valence-electron chi connectivity index (χ3n) is 6.81. The molecule has 3 aromatic rings. The molecule has 1 aliphatic heterocycles. The van der Waals surface area contributed by atoms with Crippen LogP contribution in [0.1, 0.15) is 49.2 Å². The molecular formula is C29H31F3N4O6S. The standard InChI is InChI=1S/C29H31F3N4O6S/c1-18(2)15-22(35-28(39)25-12-11-24(42-25)19-7-5-8-20(16-19)29(30,31)32)27(38)34-21-9-6-14-36(17-23(21)37)43(40,41)26-10-3-4-13-33-26/h3-5,7-8,10-13,16,18,21-22H,6,9,14-15,17H2,1-2H3,(H,34,38)(H,35,39)/t21-,22?/m0/s1. The van der Waals surface area contributed by atoms with Crippen molar-refractivity contribution in [3.05, 3.63) is 72.1 Å². The van der Waals surface area contributed by atoms with Crippen molar-refractivity contribution < 1.29 is 40.4 Å². The summed E-state index contributed by atoms with van der Waals surface area (Å²) in [6.07, 6.45) is -2.51. The minimum atomic E-state index is -4.55. The molecule has 1 unspecified atom stereocenters. The van der Waals surface area contributed by atoms with Crippen LogP contribution in [0.15, 0.2) is 70.2 Å². The molecule has 2 amide bonds. The first-order valence-corrected chi connectivity index (χ1v) is 15.0. The lowest BCUT2D eigenvalue weighted by atomic mass is 10.0. The fourth-order valence-corrected chi connectivity index (χ4v) is 6.03. The SMILES string of the molecule is CC(C)CC(NC(=O)c1ccc(-c2cccc(C(F)(F)F)c2)o1)C(=O)N[C@H]1CCCN(S(=O)(=O)c2ccccn2)CC1=O. The van der Waals surface area contributed by atoms with Crippen molar-refractivity contribution >= 4 is 27.6 Å². The second-order valence-electron chi connectivity index (χ2n) is 10.6. The third-order valence-corrected chi connectivity index (χ3v) is 8.57.